The molecular weight excluding hydrogens is 436 g/mol. The molecule has 3 N–H and O–H groups in total. The van der Waals surface area contributed by atoms with Crippen molar-refractivity contribution in [3.63, 3.8) is 0 Å². The Balaban J connectivity index is 1.42. The molecule has 0 heterocycles. The quantitative estimate of drug-likeness (QED) is 0.403. The Kier molecular flexibility index (Phi) is 9.04. The van der Waals surface area contributed by atoms with E-state index in [1.165, 1.54) is 0 Å². The van der Waals surface area contributed by atoms with Gasteiger partial charge in [0.25, 0.3) is 0 Å². The summed E-state index contributed by atoms with van der Waals surface area (Å²) in [5.74, 6) is -1.15. The van der Waals surface area contributed by atoms with E-state index in [0.717, 1.165) is 16.7 Å². The number of hydrogen-bond acceptors (Lipinski definition) is 5. The minimum absolute atomic E-state index is 0.0666. The van der Waals surface area contributed by atoms with Gasteiger partial charge in [0.1, 0.15) is 31.5 Å². The van der Waals surface area contributed by atoms with Crippen LogP contribution < -0.4 is 15.4 Å². The molecule has 0 saturated carbocycles. The minimum Gasteiger partial charge on any atom is -0.489 e. The Hall–Kier alpha value is -4.33. The van der Waals surface area contributed by atoms with Crippen LogP contribution in [0.15, 0.2) is 84.9 Å². The average molecular weight is 463 g/mol. The van der Waals surface area contributed by atoms with Crippen LogP contribution >= 0.6 is 0 Å². The molecule has 3 rings (SSSR count). The fraction of sp³-hybridized carbons (Fsp3) is 0.192. The molecule has 0 bridgehead atoms. The van der Waals surface area contributed by atoms with E-state index in [-0.39, 0.29) is 13.0 Å². The van der Waals surface area contributed by atoms with Crippen molar-refractivity contribution >= 4 is 18.0 Å². The summed E-state index contributed by atoms with van der Waals surface area (Å²) in [7, 11) is 0. The van der Waals surface area contributed by atoms with E-state index in [4.69, 9.17) is 9.47 Å². The maximum Gasteiger partial charge on any atom is 0.407 e. The number of benzene rings is 3. The summed E-state index contributed by atoms with van der Waals surface area (Å²) in [6.45, 7) is 0.0928. The third-order valence-corrected chi connectivity index (χ3v) is 4.85. The Labute approximate surface area is 197 Å². The number of amides is 2. The van der Waals surface area contributed by atoms with Crippen LogP contribution in [-0.2, 0) is 34.0 Å². The van der Waals surface area contributed by atoms with E-state index in [0.29, 0.717) is 12.4 Å². The molecule has 0 aliphatic rings. The van der Waals surface area contributed by atoms with Gasteiger partial charge >= 0.3 is 12.1 Å². The van der Waals surface area contributed by atoms with Crippen molar-refractivity contribution in [3.8, 4) is 5.75 Å². The lowest BCUT2D eigenvalue weighted by atomic mass is 10.1. The average Bonchev–Trinajstić information content (AvgIpc) is 2.86. The van der Waals surface area contributed by atoms with Crippen LogP contribution in [0.1, 0.15) is 16.7 Å². The van der Waals surface area contributed by atoms with E-state index in [2.05, 4.69) is 10.6 Å². The predicted octanol–water partition coefficient (Wildman–Crippen LogP) is 3.30. The van der Waals surface area contributed by atoms with E-state index >= 15 is 0 Å². The van der Waals surface area contributed by atoms with Crippen LogP contribution in [0.4, 0.5) is 4.79 Å². The Morgan fingerprint density at radius 1 is 0.765 bits per heavy atom. The van der Waals surface area contributed by atoms with Crippen molar-refractivity contribution in [3.05, 3.63) is 102 Å². The Bertz CT molecular complexity index is 1070. The SMILES string of the molecule is O=C(CNC(=O)OCc1ccccc1)N[C@@H](Cc1ccc(OCc2ccccc2)cc1)C(=O)O. The largest absolute Gasteiger partial charge is 0.489 e. The molecule has 0 aromatic heterocycles. The van der Waals surface area contributed by atoms with Gasteiger partial charge in [0.2, 0.25) is 5.91 Å². The summed E-state index contributed by atoms with van der Waals surface area (Å²) < 4.78 is 10.8. The zero-order valence-electron chi connectivity index (χ0n) is 18.5. The van der Waals surface area contributed by atoms with Crippen LogP contribution in [0.2, 0.25) is 0 Å². The highest BCUT2D eigenvalue weighted by Crippen LogP contribution is 2.15. The lowest BCUT2D eigenvalue weighted by Gasteiger charge is -2.15. The number of nitrogens with one attached hydrogen (secondary N) is 2. The van der Waals surface area contributed by atoms with E-state index in [1.54, 1.807) is 36.4 Å². The molecule has 3 aromatic rings. The summed E-state index contributed by atoms with van der Waals surface area (Å²) in [4.78, 5) is 35.5. The smallest absolute Gasteiger partial charge is 0.407 e. The van der Waals surface area contributed by atoms with Gasteiger partial charge in [0.15, 0.2) is 0 Å². The second-order valence-corrected chi connectivity index (χ2v) is 7.50. The normalized spacial score (nSPS) is 11.2. The molecule has 0 saturated heterocycles. The fourth-order valence-electron chi connectivity index (χ4n) is 3.07. The lowest BCUT2D eigenvalue weighted by molar-refractivity contribution is -0.141. The number of alkyl carbamates (subject to hydrolysis) is 1. The number of carboxylic acids is 1. The van der Waals surface area contributed by atoms with Crippen molar-refractivity contribution in [2.45, 2.75) is 25.7 Å². The van der Waals surface area contributed by atoms with Crippen LogP contribution in [0.5, 0.6) is 5.75 Å². The number of carboxylic acid groups (broad SMARTS) is 1. The van der Waals surface area contributed by atoms with Crippen LogP contribution in [0, 0.1) is 0 Å². The maximum atomic E-state index is 12.1. The first kappa shape index (κ1) is 24.3. The molecule has 2 amide bonds. The van der Waals surface area contributed by atoms with E-state index in [1.807, 2.05) is 48.5 Å². The lowest BCUT2D eigenvalue weighted by Crippen LogP contribution is -2.46. The molecule has 3 aromatic carbocycles. The Morgan fingerprint density at radius 2 is 1.35 bits per heavy atom. The number of rotatable bonds is 11. The minimum atomic E-state index is -1.18. The topological polar surface area (TPSA) is 114 Å². The van der Waals surface area contributed by atoms with Gasteiger partial charge in [0, 0.05) is 6.42 Å². The molecule has 8 heteroatoms. The number of ether oxygens (including phenoxy) is 2. The summed E-state index contributed by atoms with van der Waals surface area (Å²) >= 11 is 0. The first-order valence-corrected chi connectivity index (χ1v) is 10.7. The van der Waals surface area contributed by atoms with E-state index in [9.17, 15) is 19.5 Å². The van der Waals surface area contributed by atoms with Crippen molar-refractivity contribution in [1.29, 1.82) is 0 Å². The van der Waals surface area contributed by atoms with Crippen molar-refractivity contribution in [2.75, 3.05) is 6.54 Å². The number of hydrogen-bond donors (Lipinski definition) is 3. The van der Waals surface area contributed by atoms with Gasteiger partial charge in [-0.05, 0) is 28.8 Å². The second kappa shape index (κ2) is 12.6. The third-order valence-electron chi connectivity index (χ3n) is 4.85. The maximum absolute atomic E-state index is 12.1. The summed E-state index contributed by atoms with van der Waals surface area (Å²) in [5.41, 5.74) is 2.57. The molecule has 176 valence electrons. The Morgan fingerprint density at radius 3 is 1.94 bits per heavy atom. The molecule has 0 aliphatic carbocycles. The van der Waals surface area contributed by atoms with Crippen molar-refractivity contribution in [1.82, 2.24) is 10.6 Å². The molecule has 0 unspecified atom stereocenters. The van der Waals surface area contributed by atoms with Crippen LogP contribution in [0.3, 0.4) is 0 Å². The summed E-state index contributed by atoms with van der Waals surface area (Å²) in [5, 5.41) is 14.2. The van der Waals surface area contributed by atoms with Gasteiger partial charge in [0.05, 0.1) is 0 Å². The first-order chi connectivity index (χ1) is 16.5. The number of carbonyl (C=O) groups excluding carboxylic acids is 2. The molecule has 1 atom stereocenters. The highest BCUT2D eigenvalue weighted by molar-refractivity contribution is 5.86. The van der Waals surface area contributed by atoms with Gasteiger partial charge in [-0.1, -0.05) is 72.8 Å². The number of carbonyl (C=O) groups is 3. The van der Waals surface area contributed by atoms with Crippen LogP contribution in [0.25, 0.3) is 0 Å². The monoisotopic (exact) mass is 462 g/mol. The second-order valence-electron chi connectivity index (χ2n) is 7.50. The zero-order valence-corrected chi connectivity index (χ0v) is 18.5. The van der Waals surface area contributed by atoms with Crippen molar-refractivity contribution < 1.29 is 29.0 Å². The molecule has 8 nitrogen and oxygen atoms in total. The molecule has 0 spiro atoms. The highest BCUT2D eigenvalue weighted by atomic mass is 16.5. The van der Waals surface area contributed by atoms with Crippen LogP contribution in [-0.4, -0.2) is 35.7 Å². The van der Waals surface area contributed by atoms with Gasteiger partial charge in [-0.3, -0.25) is 4.79 Å². The summed E-state index contributed by atoms with van der Waals surface area (Å²) in [6, 6.07) is 24.7. The molecule has 0 aliphatic heterocycles. The predicted molar refractivity (Wildman–Crippen MR) is 125 cm³/mol. The van der Waals surface area contributed by atoms with E-state index < -0.39 is 30.6 Å². The molecular formula is C26H26N2O6. The van der Waals surface area contributed by atoms with Gasteiger partial charge in [-0.2, -0.15) is 0 Å². The highest BCUT2D eigenvalue weighted by Gasteiger charge is 2.21. The van der Waals surface area contributed by atoms with Crippen molar-refractivity contribution in [2.24, 2.45) is 0 Å². The third kappa shape index (κ3) is 8.31. The van der Waals surface area contributed by atoms with Gasteiger partial charge < -0.3 is 25.2 Å². The van der Waals surface area contributed by atoms with Gasteiger partial charge in [-0.15, -0.1) is 0 Å². The van der Waals surface area contributed by atoms with Gasteiger partial charge in [-0.25, -0.2) is 9.59 Å². The fourth-order valence-corrected chi connectivity index (χ4v) is 3.07. The summed E-state index contributed by atoms with van der Waals surface area (Å²) in [6.07, 6.45) is -0.685. The zero-order chi connectivity index (χ0) is 24.2. The number of aliphatic carboxylic acids is 1. The molecule has 0 fully saturated rings. The molecule has 0 radical (unpaired) electrons. The standard InChI is InChI=1S/C26H26N2O6/c29-24(16-27-26(32)34-18-21-9-5-2-6-10-21)28-23(25(30)31)15-19-11-13-22(14-12-19)33-17-20-7-3-1-4-8-20/h1-14,23H,15-18H2,(H,27,32)(H,28,29)(H,30,31)/t23-/m0/s1. The molecule has 34 heavy (non-hydrogen) atoms. The first-order valence-electron chi connectivity index (χ1n) is 10.7.